The second-order valence-corrected chi connectivity index (χ2v) is 8.60. The fourth-order valence-corrected chi connectivity index (χ4v) is 5.74. The summed E-state index contributed by atoms with van der Waals surface area (Å²) < 4.78 is 1.31. The van der Waals surface area contributed by atoms with Gasteiger partial charge >= 0.3 is 0 Å². The van der Waals surface area contributed by atoms with Crippen molar-refractivity contribution >= 4 is 27.3 Å². The molecular weight excluding hydrogens is 318 g/mol. The van der Waals surface area contributed by atoms with Crippen molar-refractivity contribution in [3.8, 4) is 0 Å². The lowest BCUT2D eigenvalue weighted by molar-refractivity contribution is -0.202. The van der Waals surface area contributed by atoms with E-state index >= 15 is 0 Å². The summed E-state index contributed by atoms with van der Waals surface area (Å²) in [5.74, 6) is 1.61. The molecule has 1 aromatic heterocycles. The molecule has 0 saturated carbocycles. The Labute approximate surface area is 146 Å². The van der Waals surface area contributed by atoms with Crippen molar-refractivity contribution < 1.29 is 4.84 Å². The summed E-state index contributed by atoms with van der Waals surface area (Å²) in [6.45, 7) is 7.92. The van der Waals surface area contributed by atoms with Gasteiger partial charge in [0.05, 0.1) is 11.4 Å². The van der Waals surface area contributed by atoms with E-state index in [4.69, 9.17) is 4.84 Å². The smallest absolute Gasteiger partial charge is 0.227 e. The molecule has 4 nitrogen and oxygen atoms in total. The van der Waals surface area contributed by atoms with E-state index in [0.29, 0.717) is 12.0 Å². The molecule has 0 N–H and O–H groups in total. The van der Waals surface area contributed by atoms with E-state index in [1.165, 1.54) is 40.9 Å². The lowest BCUT2D eigenvalue weighted by Crippen LogP contribution is -2.68. The Morgan fingerprint density at radius 1 is 1.25 bits per heavy atom. The quantitative estimate of drug-likeness (QED) is 0.833. The number of benzene rings is 1. The molecule has 1 spiro atoms. The van der Waals surface area contributed by atoms with Crippen LogP contribution in [0.25, 0.3) is 10.1 Å². The molecule has 3 fully saturated rings. The molecular formula is C19H23N3OS. The third kappa shape index (κ3) is 1.97. The van der Waals surface area contributed by atoms with Crippen molar-refractivity contribution in [2.75, 3.05) is 19.6 Å². The van der Waals surface area contributed by atoms with E-state index < -0.39 is 0 Å². The number of hydrogen-bond donors (Lipinski definition) is 0. The molecule has 1 atom stereocenters. The van der Waals surface area contributed by atoms with Gasteiger partial charge < -0.3 is 9.74 Å². The number of fused-ring (bicyclic) bond motifs is 3. The normalized spacial score (nSPS) is 32.0. The summed E-state index contributed by atoms with van der Waals surface area (Å²) in [5.41, 5.74) is -0.254. The van der Waals surface area contributed by atoms with E-state index in [2.05, 4.69) is 59.1 Å². The monoisotopic (exact) mass is 341 g/mol. The zero-order valence-corrected chi connectivity index (χ0v) is 15.1. The standard InChI is InChI=1S/C19H23N3OS/c1-13(2)22-18(17-11-14-5-3-4-6-16(14)24-17)20-23-19(22)12-21-9-7-15(19)8-10-21/h3-6,11,13,15H,7-10,12H2,1-2H3/t19-/m1/s1. The molecule has 6 rings (SSSR count). The van der Waals surface area contributed by atoms with Gasteiger partial charge in [0.15, 0.2) is 5.84 Å². The first-order valence-electron chi connectivity index (χ1n) is 8.94. The third-order valence-corrected chi connectivity index (χ3v) is 6.88. The average molecular weight is 341 g/mol. The Balaban J connectivity index is 1.57. The summed E-state index contributed by atoms with van der Waals surface area (Å²) in [5, 5.41) is 5.92. The van der Waals surface area contributed by atoms with Gasteiger partial charge in [-0.15, -0.1) is 11.3 Å². The van der Waals surface area contributed by atoms with Crippen LogP contribution in [0.1, 0.15) is 31.6 Å². The van der Waals surface area contributed by atoms with Crippen LogP contribution < -0.4 is 0 Å². The highest BCUT2D eigenvalue weighted by atomic mass is 32.1. The highest BCUT2D eigenvalue weighted by molar-refractivity contribution is 7.20. The Morgan fingerprint density at radius 3 is 2.71 bits per heavy atom. The molecule has 0 amide bonds. The van der Waals surface area contributed by atoms with Crippen molar-refractivity contribution in [3.05, 3.63) is 35.2 Å². The predicted molar refractivity (Wildman–Crippen MR) is 98.3 cm³/mol. The van der Waals surface area contributed by atoms with Crippen LogP contribution in [0.15, 0.2) is 35.5 Å². The largest absolute Gasteiger partial charge is 0.363 e. The topological polar surface area (TPSA) is 28.1 Å². The molecule has 3 saturated heterocycles. The molecule has 5 heteroatoms. The maximum atomic E-state index is 6.23. The van der Waals surface area contributed by atoms with Crippen LogP contribution in [0.4, 0.5) is 0 Å². The minimum absolute atomic E-state index is 0.254. The van der Waals surface area contributed by atoms with E-state index in [1.54, 1.807) is 0 Å². The van der Waals surface area contributed by atoms with Crippen molar-refractivity contribution in [1.29, 1.82) is 0 Å². The molecule has 2 bridgehead atoms. The first kappa shape index (κ1) is 14.7. The molecule has 4 aliphatic heterocycles. The van der Waals surface area contributed by atoms with Crippen LogP contribution in [-0.2, 0) is 4.84 Å². The van der Waals surface area contributed by atoms with Gasteiger partial charge in [-0.25, -0.2) is 0 Å². The number of amidine groups is 1. The van der Waals surface area contributed by atoms with Crippen LogP contribution in [0.5, 0.6) is 0 Å². The molecule has 5 heterocycles. The fourth-order valence-electron chi connectivity index (χ4n) is 4.69. The molecule has 2 aromatic rings. The highest BCUT2D eigenvalue weighted by Crippen LogP contribution is 2.46. The maximum absolute atomic E-state index is 6.23. The summed E-state index contributed by atoms with van der Waals surface area (Å²) >= 11 is 1.82. The Kier molecular flexibility index (Phi) is 3.19. The van der Waals surface area contributed by atoms with Gasteiger partial charge in [0.2, 0.25) is 5.72 Å². The number of nitrogens with zero attached hydrogens (tertiary/aromatic N) is 3. The minimum Gasteiger partial charge on any atom is -0.363 e. The number of oxime groups is 1. The van der Waals surface area contributed by atoms with Crippen molar-refractivity contribution in [2.24, 2.45) is 11.1 Å². The van der Waals surface area contributed by atoms with E-state index in [-0.39, 0.29) is 5.72 Å². The number of piperidine rings is 3. The van der Waals surface area contributed by atoms with Crippen LogP contribution in [0, 0.1) is 5.92 Å². The maximum Gasteiger partial charge on any atom is 0.227 e. The van der Waals surface area contributed by atoms with Crippen LogP contribution in [0.3, 0.4) is 0 Å². The second kappa shape index (κ2) is 5.20. The molecule has 0 unspecified atom stereocenters. The molecule has 126 valence electrons. The lowest BCUT2D eigenvalue weighted by Gasteiger charge is -2.54. The van der Waals surface area contributed by atoms with Crippen molar-refractivity contribution in [1.82, 2.24) is 9.80 Å². The van der Waals surface area contributed by atoms with Gasteiger partial charge in [-0.2, -0.15) is 0 Å². The Bertz CT molecular complexity index is 773. The number of thiophene rings is 1. The Morgan fingerprint density at radius 2 is 2.04 bits per heavy atom. The van der Waals surface area contributed by atoms with Gasteiger partial charge in [-0.3, -0.25) is 4.90 Å². The van der Waals surface area contributed by atoms with Gasteiger partial charge in [-0.1, -0.05) is 23.4 Å². The predicted octanol–water partition coefficient (Wildman–Crippen LogP) is 3.73. The second-order valence-electron chi connectivity index (χ2n) is 7.51. The highest BCUT2D eigenvalue weighted by Gasteiger charge is 2.58. The lowest BCUT2D eigenvalue weighted by atomic mass is 9.79. The summed E-state index contributed by atoms with van der Waals surface area (Å²) in [7, 11) is 0. The van der Waals surface area contributed by atoms with Crippen molar-refractivity contribution in [3.63, 3.8) is 0 Å². The molecule has 24 heavy (non-hydrogen) atoms. The zero-order valence-electron chi connectivity index (χ0n) is 14.2. The summed E-state index contributed by atoms with van der Waals surface area (Å²) in [6.07, 6.45) is 2.44. The fraction of sp³-hybridized carbons (Fsp3) is 0.526. The molecule has 0 aliphatic carbocycles. The zero-order chi connectivity index (χ0) is 16.3. The van der Waals surface area contributed by atoms with Gasteiger partial charge in [0.25, 0.3) is 0 Å². The van der Waals surface area contributed by atoms with E-state index in [1.807, 2.05) is 11.3 Å². The SMILES string of the molecule is CC(C)N1C(c2cc3ccccc3s2)=NO[C@@]12CN1CCC2CC1. The van der Waals surface area contributed by atoms with Crippen molar-refractivity contribution in [2.45, 2.75) is 38.5 Å². The first-order chi connectivity index (χ1) is 11.7. The van der Waals surface area contributed by atoms with Crippen LogP contribution in [-0.4, -0.2) is 47.0 Å². The number of rotatable bonds is 2. The van der Waals surface area contributed by atoms with Gasteiger partial charge in [0, 0.05) is 16.7 Å². The Hall–Kier alpha value is -1.59. The van der Waals surface area contributed by atoms with E-state index in [0.717, 1.165) is 12.4 Å². The van der Waals surface area contributed by atoms with E-state index in [9.17, 15) is 0 Å². The summed E-state index contributed by atoms with van der Waals surface area (Å²) in [4.78, 5) is 12.5. The van der Waals surface area contributed by atoms with Crippen LogP contribution >= 0.6 is 11.3 Å². The molecule has 0 radical (unpaired) electrons. The van der Waals surface area contributed by atoms with Gasteiger partial charge in [-0.05, 0) is 57.3 Å². The third-order valence-electron chi connectivity index (χ3n) is 5.76. The minimum atomic E-state index is -0.254. The summed E-state index contributed by atoms with van der Waals surface area (Å²) in [6, 6.07) is 11.2. The average Bonchev–Trinajstić information content (AvgIpc) is 3.17. The first-order valence-corrected chi connectivity index (χ1v) is 9.76. The van der Waals surface area contributed by atoms with Crippen LogP contribution in [0.2, 0.25) is 0 Å². The van der Waals surface area contributed by atoms with Gasteiger partial charge in [0.1, 0.15) is 0 Å². The molecule has 4 aliphatic rings. The number of hydrogen-bond acceptors (Lipinski definition) is 5. The molecule has 1 aromatic carbocycles.